The average molecular weight is 399 g/mol. The number of carbonyl (C=O) groups is 1. The van der Waals surface area contributed by atoms with Gasteiger partial charge in [-0.15, -0.1) is 0 Å². The SMILES string of the molecule is CCC1=CN2CCc3c([nH]c4cccc(OC)c34)[C@@H]2CC1C(COC)C(=O)OC. The van der Waals surface area contributed by atoms with E-state index in [1.807, 2.05) is 12.1 Å². The number of methoxy groups -OCH3 is 3. The summed E-state index contributed by atoms with van der Waals surface area (Å²) in [6, 6.07) is 6.36. The Kier molecular flexibility index (Phi) is 5.54. The molecule has 0 spiro atoms. The van der Waals surface area contributed by atoms with E-state index >= 15 is 0 Å². The lowest BCUT2D eigenvalue weighted by molar-refractivity contribution is -0.149. The summed E-state index contributed by atoms with van der Waals surface area (Å²) in [6.45, 7) is 3.49. The summed E-state index contributed by atoms with van der Waals surface area (Å²) >= 11 is 0. The van der Waals surface area contributed by atoms with Crippen molar-refractivity contribution in [3.05, 3.63) is 41.2 Å². The quantitative estimate of drug-likeness (QED) is 0.750. The lowest BCUT2D eigenvalue weighted by Crippen LogP contribution is -2.41. The smallest absolute Gasteiger partial charge is 0.311 e. The summed E-state index contributed by atoms with van der Waals surface area (Å²) in [5.41, 5.74) is 4.99. The van der Waals surface area contributed by atoms with Gasteiger partial charge in [0.05, 0.1) is 32.8 Å². The number of hydrogen-bond acceptors (Lipinski definition) is 5. The van der Waals surface area contributed by atoms with Crippen LogP contribution in [0.1, 0.15) is 37.1 Å². The second-order valence-electron chi connectivity index (χ2n) is 7.89. The largest absolute Gasteiger partial charge is 0.496 e. The second kappa shape index (κ2) is 8.11. The molecule has 0 fully saturated rings. The highest BCUT2D eigenvalue weighted by molar-refractivity contribution is 5.91. The van der Waals surface area contributed by atoms with Crippen molar-refractivity contribution >= 4 is 16.9 Å². The van der Waals surface area contributed by atoms with Gasteiger partial charge in [0.15, 0.2) is 0 Å². The van der Waals surface area contributed by atoms with Crippen molar-refractivity contribution in [1.82, 2.24) is 9.88 Å². The molecule has 3 heterocycles. The van der Waals surface area contributed by atoms with Gasteiger partial charge in [0.1, 0.15) is 5.75 Å². The molecule has 29 heavy (non-hydrogen) atoms. The van der Waals surface area contributed by atoms with Gasteiger partial charge in [0.2, 0.25) is 0 Å². The fraction of sp³-hybridized carbons (Fsp3) is 0.522. The van der Waals surface area contributed by atoms with Crippen LogP contribution in [0.2, 0.25) is 0 Å². The Morgan fingerprint density at radius 3 is 2.83 bits per heavy atom. The van der Waals surface area contributed by atoms with Crippen molar-refractivity contribution in [2.45, 2.75) is 32.2 Å². The van der Waals surface area contributed by atoms with Crippen LogP contribution in [0.15, 0.2) is 30.0 Å². The molecule has 2 aliphatic heterocycles. The van der Waals surface area contributed by atoms with Gasteiger partial charge in [-0.2, -0.15) is 0 Å². The number of aromatic nitrogens is 1. The normalized spacial score (nSPS) is 21.9. The number of rotatable bonds is 6. The van der Waals surface area contributed by atoms with Gasteiger partial charge < -0.3 is 24.1 Å². The Morgan fingerprint density at radius 2 is 2.14 bits per heavy atom. The fourth-order valence-electron chi connectivity index (χ4n) is 5.14. The predicted octanol–water partition coefficient (Wildman–Crippen LogP) is 3.83. The van der Waals surface area contributed by atoms with Gasteiger partial charge in [0, 0.05) is 30.3 Å². The van der Waals surface area contributed by atoms with Crippen molar-refractivity contribution in [3.8, 4) is 5.75 Å². The maximum Gasteiger partial charge on any atom is 0.311 e. The van der Waals surface area contributed by atoms with Gasteiger partial charge in [-0.1, -0.05) is 18.6 Å². The number of nitrogens with one attached hydrogen (secondary N) is 1. The molecule has 0 radical (unpaired) electrons. The zero-order chi connectivity index (χ0) is 20.5. The number of carbonyl (C=O) groups excluding carboxylic acids is 1. The van der Waals surface area contributed by atoms with E-state index in [0.29, 0.717) is 6.61 Å². The van der Waals surface area contributed by atoms with E-state index < -0.39 is 0 Å². The highest BCUT2D eigenvalue weighted by Crippen LogP contribution is 2.46. The predicted molar refractivity (Wildman–Crippen MR) is 112 cm³/mol. The summed E-state index contributed by atoms with van der Waals surface area (Å²) in [7, 11) is 4.82. The van der Waals surface area contributed by atoms with Crippen LogP contribution in [-0.4, -0.2) is 50.3 Å². The third kappa shape index (κ3) is 3.29. The van der Waals surface area contributed by atoms with Crippen LogP contribution < -0.4 is 4.74 Å². The van der Waals surface area contributed by atoms with E-state index in [1.165, 1.54) is 29.3 Å². The maximum atomic E-state index is 12.5. The summed E-state index contributed by atoms with van der Waals surface area (Å²) < 4.78 is 16.1. The minimum Gasteiger partial charge on any atom is -0.496 e. The van der Waals surface area contributed by atoms with Crippen LogP contribution in [0.3, 0.4) is 0 Å². The summed E-state index contributed by atoms with van der Waals surface area (Å²) in [5, 5.41) is 1.19. The topological polar surface area (TPSA) is 63.8 Å². The van der Waals surface area contributed by atoms with Crippen LogP contribution >= 0.6 is 0 Å². The van der Waals surface area contributed by atoms with Crippen molar-refractivity contribution in [1.29, 1.82) is 0 Å². The van der Waals surface area contributed by atoms with Crippen LogP contribution in [-0.2, 0) is 20.7 Å². The molecule has 4 rings (SSSR count). The number of H-pyrrole nitrogens is 1. The van der Waals surface area contributed by atoms with Crippen LogP contribution in [0.5, 0.6) is 5.75 Å². The summed E-state index contributed by atoms with van der Waals surface area (Å²) in [4.78, 5) is 18.6. The van der Waals surface area contributed by atoms with E-state index in [-0.39, 0.29) is 23.8 Å². The van der Waals surface area contributed by atoms with Gasteiger partial charge in [-0.3, -0.25) is 4.79 Å². The molecule has 0 aliphatic carbocycles. The first-order chi connectivity index (χ1) is 14.1. The zero-order valence-electron chi connectivity index (χ0n) is 17.7. The monoisotopic (exact) mass is 398 g/mol. The van der Waals surface area contributed by atoms with Crippen molar-refractivity contribution < 1.29 is 19.0 Å². The third-order valence-electron chi connectivity index (χ3n) is 6.53. The second-order valence-corrected chi connectivity index (χ2v) is 7.89. The van der Waals surface area contributed by atoms with Gasteiger partial charge in [-0.25, -0.2) is 0 Å². The third-order valence-corrected chi connectivity index (χ3v) is 6.53. The number of allylic oxidation sites excluding steroid dienone is 1. The number of aromatic amines is 1. The van der Waals surface area contributed by atoms with Crippen molar-refractivity contribution in [3.63, 3.8) is 0 Å². The summed E-state index contributed by atoms with van der Waals surface area (Å²) in [6.07, 6.45) is 5.03. The molecule has 1 aromatic heterocycles. The summed E-state index contributed by atoms with van der Waals surface area (Å²) in [5.74, 6) is 0.534. The zero-order valence-corrected chi connectivity index (χ0v) is 17.7. The molecular formula is C23H30N2O4. The highest BCUT2D eigenvalue weighted by Gasteiger charge is 2.41. The molecule has 0 amide bonds. The molecule has 2 aromatic rings. The van der Waals surface area contributed by atoms with Crippen LogP contribution in [0.25, 0.3) is 10.9 Å². The molecule has 6 nitrogen and oxygen atoms in total. The van der Waals surface area contributed by atoms with Crippen molar-refractivity contribution in [2.24, 2.45) is 11.8 Å². The highest BCUT2D eigenvalue weighted by atomic mass is 16.5. The van der Waals surface area contributed by atoms with Crippen LogP contribution in [0, 0.1) is 11.8 Å². The first kappa shape index (κ1) is 19.8. The molecule has 2 unspecified atom stereocenters. The Bertz CT molecular complexity index is 932. The molecule has 0 saturated carbocycles. The standard InChI is InChI=1S/C23H30N2O4/c1-5-14-12-25-10-9-15-21-18(7-6-8-20(21)28-3)24-22(15)19(25)11-16(14)17(13-27-2)23(26)29-4/h6-8,12,16-17,19,24H,5,9-11,13H2,1-4H3/t16?,17?,19-/m0/s1. The number of nitrogens with zero attached hydrogens (tertiary/aromatic N) is 1. The molecule has 1 aromatic carbocycles. The Labute approximate surface area is 171 Å². The van der Waals surface area contributed by atoms with Gasteiger partial charge >= 0.3 is 5.97 Å². The lowest BCUT2D eigenvalue weighted by atomic mass is 9.76. The molecular weight excluding hydrogens is 368 g/mol. The maximum absolute atomic E-state index is 12.5. The number of esters is 1. The van der Waals surface area contributed by atoms with Gasteiger partial charge in [-0.05, 0) is 49.1 Å². The number of ether oxygens (including phenoxy) is 3. The first-order valence-corrected chi connectivity index (χ1v) is 10.3. The fourth-order valence-corrected chi connectivity index (χ4v) is 5.14. The first-order valence-electron chi connectivity index (χ1n) is 10.3. The van der Waals surface area contributed by atoms with E-state index in [0.717, 1.165) is 37.1 Å². The van der Waals surface area contributed by atoms with E-state index in [1.54, 1.807) is 14.2 Å². The molecule has 0 saturated heterocycles. The average Bonchev–Trinajstić information content (AvgIpc) is 3.15. The minimum absolute atomic E-state index is 0.105. The molecule has 6 heteroatoms. The van der Waals surface area contributed by atoms with Crippen molar-refractivity contribution in [2.75, 3.05) is 34.5 Å². The molecule has 0 bridgehead atoms. The molecule has 1 N–H and O–H groups in total. The molecule has 3 atom stereocenters. The molecule has 156 valence electrons. The van der Waals surface area contributed by atoms with Gasteiger partial charge in [0.25, 0.3) is 0 Å². The Morgan fingerprint density at radius 1 is 1.31 bits per heavy atom. The molecule has 2 aliphatic rings. The number of fused-ring (bicyclic) bond motifs is 5. The lowest BCUT2D eigenvalue weighted by Gasteiger charge is -2.43. The number of hydrogen-bond donors (Lipinski definition) is 1. The Balaban J connectivity index is 1.77. The van der Waals surface area contributed by atoms with E-state index in [4.69, 9.17) is 14.2 Å². The van der Waals surface area contributed by atoms with E-state index in [9.17, 15) is 4.79 Å². The van der Waals surface area contributed by atoms with Crippen LogP contribution in [0.4, 0.5) is 0 Å². The minimum atomic E-state index is -0.289. The van der Waals surface area contributed by atoms with E-state index in [2.05, 4.69) is 29.1 Å². The number of benzene rings is 1. The Hall–Kier alpha value is -2.47.